The van der Waals surface area contributed by atoms with Crippen molar-refractivity contribution in [3.63, 3.8) is 0 Å². The van der Waals surface area contributed by atoms with Crippen LogP contribution in [0.5, 0.6) is 11.5 Å². The Morgan fingerprint density at radius 2 is 1.68 bits per heavy atom. The molecule has 0 aliphatic heterocycles. The van der Waals surface area contributed by atoms with Crippen molar-refractivity contribution in [2.45, 2.75) is 19.3 Å². The van der Waals surface area contributed by atoms with E-state index in [-0.39, 0.29) is 30.6 Å². The Kier molecular flexibility index (Phi) is 8.27. The maximum absolute atomic E-state index is 13.5. The van der Waals surface area contributed by atoms with Gasteiger partial charge in [-0.3, -0.25) is 9.59 Å². The number of ether oxygens (including phenoxy) is 2. The van der Waals surface area contributed by atoms with Crippen molar-refractivity contribution < 1.29 is 23.5 Å². The number of amides is 2. The highest BCUT2D eigenvalue weighted by atomic mass is 19.1. The first-order chi connectivity index (χ1) is 13.5. The van der Waals surface area contributed by atoms with Gasteiger partial charge in [-0.25, -0.2) is 4.39 Å². The molecule has 7 heteroatoms. The lowest BCUT2D eigenvalue weighted by molar-refractivity contribution is -0.126. The Balaban J connectivity index is 1.68. The molecule has 2 amide bonds. The molecule has 2 aromatic carbocycles. The van der Waals surface area contributed by atoms with Gasteiger partial charge in [-0.15, -0.1) is 0 Å². The summed E-state index contributed by atoms with van der Waals surface area (Å²) >= 11 is 0. The van der Waals surface area contributed by atoms with Crippen molar-refractivity contribution in [2.75, 3.05) is 27.3 Å². The van der Waals surface area contributed by atoms with Crippen molar-refractivity contribution in [1.29, 1.82) is 0 Å². The summed E-state index contributed by atoms with van der Waals surface area (Å²) in [5, 5.41) is 5.25. The van der Waals surface area contributed by atoms with E-state index in [4.69, 9.17) is 9.47 Å². The zero-order valence-corrected chi connectivity index (χ0v) is 16.1. The minimum absolute atomic E-state index is 0.109. The molecule has 0 bridgehead atoms. The Morgan fingerprint density at radius 1 is 0.929 bits per heavy atom. The second kappa shape index (κ2) is 10.9. The lowest BCUT2D eigenvalue weighted by atomic mass is 10.1. The van der Waals surface area contributed by atoms with Crippen LogP contribution in [-0.2, 0) is 22.4 Å². The van der Waals surface area contributed by atoms with Gasteiger partial charge in [-0.1, -0.05) is 24.3 Å². The number of methoxy groups -OCH3 is 2. The standard InChI is InChI=1S/C21H25FN2O4/c1-27-18-9-7-15(13-19(18)28-2)8-10-20(25)24-14-21(26)23-12-11-16-5-3-4-6-17(16)22/h3-7,9,13H,8,10-12,14H2,1-2H3,(H,23,26)(H,24,25). The molecule has 6 nitrogen and oxygen atoms in total. The van der Waals surface area contributed by atoms with Crippen LogP contribution in [0.2, 0.25) is 0 Å². The maximum Gasteiger partial charge on any atom is 0.239 e. The molecule has 0 saturated heterocycles. The molecule has 0 aromatic heterocycles. The van der Waals surface area contributed by atoms with E-state index in [0.717, 1.165) is 5.56 Å². The van der Waals surface area contributed by atoms with Crippen molar-refractivity contribution in [3.05, 3.63) is 59.4 Å². The third-order valence-corrected chi connectivity index (χ3v) is 4.21. The molecule has 2 rings (SSSR count). The fraction of sp³-hybridized carbons (Fsp3) is 0.333. The van der Waals surface area contributed by atoms with Gasteiger partial charge >= 0.3 is 0 Å². The average Bonchev–Trinajstić information content (AvgIpc) is 2.71. The monoisotopic (exact) mass is 388 g/mol. The SMILES string of the molecule is COc1ccc(CCC(=O)NCC(=O)NCCc2ccccc2F)cc1OC. The van der Waals surface area contributed by atoms with Crippen molar-refractivity contribution >= 4 is 11.8 Å². The molecule has 2 aromatic rings. The summed E-state index contributed by atoms with van der Waals surface area (Å²) < 4.78 is 23.9. The largest absolute Gasteiger partial charge is 0.493 e. The Hall–Kier alpha value is -3.09. The van der Waals surface area contributed by atoms with E-state index in [1.807, 2.05) is 12.1 Å². The van der Waals surface area contributed by atoms with Crippen LogP contribution in [-0.4, -0.2) is 39.1 Å². The van der Waals surface area contributed by atoms with Crippen LogP contribution in [0.1, 0.15) is 17.5 Å². The number of halogens is 1. The van der Waals surface area contributed by atoms with Crippen LogP contribution < -0.4 is 20.1 Å². The quantitative estimate of drug-likeness (QED) is 0.655. The number of hydrogen-bond donors (Lipinski definition) is 2. The number of hydrogen-bond acceptors (Lipinski definition) is 4. The Labute approximate surface area is 164 Å². The number of benzene rings is 2. The first kappa shape index (κ1) is 21.2. The second-order valence-corrected chi connectivity index (χ2v) is 6.16. The molecule has 0 spiro atoms. The zero-order valence-electron chi connectivity index (χ0n) is 16.1. The molecule has 0 fully saturated rings. The average molecular weight is 388 g/mol. The normalized spacial score (nSPS) is 10.2. The lowest BCUT2D eigenvalue weighted by Gasteiger charge is -2.10. The number of aryl methyl sites for hydroxylation is 1. The Bertz CT molecular complexity index is 811. The van der Waals surface area contributed by atoms with Gasteiger partial charge in [0.1, 0.15) is 5.82 Å². The molecule has 0 saturated carbocycles. The summed E-state index contributed by atoms with van der Waals surface area (Å²) in [7, 11) is 3.12. The molecule has 0 unspecified atom stereocenters. The smallest absolute Gasteiger partial charge is 0.239 e. The van der Waals surface area contributed by atoms with Crippen LogP contribution in [0, 0.1) is 5.82 Å². The number of carbonyl (C=O) groups excluding carboxylic acids is 2. The second-order valence-electron chi connectivity index (χ2n) is 6.16. The molecule has 0 aliphatic carbocycles. The van der Waals surface area contributed by atoms with Gasteiger partial charge in [0.05, 0.1) is 20.8 Å². The molecule has 0 aliphatic rings. The summed E-state index contributed by atoms with van der Waals surface area (Å²) in [5.74, 6) is 0.410. The van der Waals surface area contributed by atoms with Crippen LogP contribution in [0.25, 0.3) is 0 Å². The molecule has 150 valence electrons. The van der Waals surface area contributed by atoms with Crippen LogP contribution in [0.4, 0.5) is 4.39 Å². The van der Waals surface area contributed by atoms with Gasteiger partial charge in [0.25, 0.3) is 0 Å². The minimum atomic E-state index is -0.309. The lowest BCUT2D eigenvalue weighted by Crippen LogP contribution is -2.37. The summed E-state index contributed by atoms with van der Waals surface area (Å²) in [5.41, 5.74) is 1.48. The van der Waals surface area contributed by atoms with E-state index >= 15 is 0 Å². The van der Waals surface area contributed by atoms with Gasteiger partial charge in [-0.2, -0.15) is 0 Å². The predicted octanol–water partition coefficient (Wildman–Crippen LogP) is 2.25. The van der Waals surface area contributed by atoms with Crippen molar-refractivity contribution in [3.8, 4) is 11.5 Å². The predicted molar refractivity (Wildman–Crippen MR) is 104 cm³/mol. The zero-order chi connectivity index (χ0) is 20.4. The first-order valence-corrected chi connectivity index (χ1v) is 9.01. The van der Waals surface area contributed by atoms with Crippen LogP contribution in [0.15, 0.2) is 42.5 Å². The molecule has 0 radical (unpaired) electrons. The molecule has 0 heterocycles. The van der Waals surface area contributed by atoms with Crippen LogP contribution >= 0.6 is 0 Å². The van der Waals surface area contributed by atoms with Gasteiger partial charge in [0.2, 0.25) is 11.8 Å². The number of nitrogens with one attached hydrogen (secondary N) is 2. The summed E-state index contributed by atoms with van der Waals surface area (Å²) in [4.78, 5) is 23.7. The third-order valence-electron chi connectivity index (χ3n) is 4.21. The van der Waals surface area contributed by atoms with Crippen molar-refractivity contribution in [2.24, 2.45) is 0 Å². The molecular weight excluding hydrogens is 363 g/mol. The van der Waals surface area contributed by atoms with Gasteiger partial charge in [0.15, 0.2) is 11.5 Å². The van der Waals surface area contributed by atoms with E-state index in [2.05, 4.69) is 10.6 Å². The summed E-state index contributed by atoms with van der Waals surface area (Å²) in [6, 6.07) is 11.9. The molecule has 28 heavy (non-hydrogen) atoms. The van der Waals surface area contributed by atoms with E-state index in [1.54, 1.807) is 38.5 Å². The van der Waals surface area contributed by atoms with Gasteiger partial charge in [-0.05, 0) is 42.2 Å². The topological polar surface area (TPSA) is 76.7 Å². The number of carbonyl (C=O) groups is 2. The highest BCUT2D eigenvalue weighted by Gasteiger charge is 2.09. The highest BCUT2D eigenvalue weighted by Crippen LogP contribution is 2.27. The number of rotatable bonds is 10. The van der Waals surface area contributed by atoms with Crippen molar-refractivity contribution in [1.82, 2.24) is 10.6 Å². The molecular formula is C21H25FN2O4. The molecule has 2 N–H and O–H groups in total. The summed E-state index contributed by atoms with van der Waals surface area (Å²) in [6.45, 7) is 0.198. The first-order valence-electron chi connectivity index (χ1n) is 9.01. The third kappa shape index (κ3) is 6.57. The van der Waals surface area contributed by atoms with E-state index in [1.165, 1.54) is 6.07 Å². The fourth-order valence-electron chi connectivity index (χ4n) is 2.66. The minimum Gasteiger partial charge on any atom is -0.493 e. The van der Waals surface area contributed by atoms with Gasteiger partial charge < -0.3 is 20.1 Å². The maximum atomic E-state index is 13.5. The van der Waals surface area contributed by atoms with E-state index in [0.29, 0.717) is 36.4 Å². The van der Waals surface area contributed by atoms with E-state index in [9.17, 15) is 14.0 Å². The summed E-state index contributed by atoms with van der Waals surface area (Å²) in [6.07, 6.45) is 1.16. The highest BCUT2D eigenvalue weighted by molar-refractivity contribution is 5.84. The van der Waals surface area contributed by atoms with Crippen LogP contribution in [0.3, 0.4) is 0 Å². The fourth-order valence-corrected chi connectivity index (χ4v) is 2.66. The van der Waals surface area contributed by atoms with Gasteiger partial charge in [0, 0.05) is 13.0 Å². The van der Waals surface area contributed by atoms with E-state index < -0.39 is 0 Å². The molecule has 0 atom stereocenters. The Morgan fingerprint density at radius 3 is 2.39 bits per heavy atom.